The van der Waals surface area contributed by atoms with Gasteiger partial charge in [-0.3, -0.25) is 0 Å². The van der Waals surface area contributed by atoms with Crippen molar-refractivity contribution in [2.45, 2.75) is 18.6 Å². The molecule has 1 aromatic carbocycles. The number of hydrogen-bond acceptors (Lipinski definition) is 2. The molecule has 1 atom stereocenters. The number of rotatable bonds is 2. The van der Waals surface area contributed by atoms with Crippen LogP contribution in [0.2, 0.25) is 0 Å². The van der Waals surface area contributed by atoms with Crippen molar-refractivity contribution in [1.82, 2.24) is 5.32 Å². The Kier molecular flexibility index (Phi) is 4.12. The van der Waals surface area contributed by atoms with Gasteiger partial charge in [0.1, 0.15) is 0 Å². The van der Waals surface area contributed by atoms with E-state index in [9.17, 15) is 0 Å². The van der Waals surface area contributed by atoms with Crippen LogP contribution >= 0.6 is 27.7 Å². The Balaban J connectivity index is 2.03. The Morgan fingerprint density at radius 3 is 3.07 bits per heavy atom. The molecule has 0 bridgehead atoms. The summed E-state index contributed by atoms with van der Waals surface area (Å²) in [5.41, 5.74) is 2.75. The molecule has 1 aliphatic rings. The van der Waals surface area contributed by atoms with Crippen LogP contribution < -0.4 is 5.32 Å². The Morgan fingerprint density at radius 1 is 1.53 bits per heavy atom. The van der Waals surface area contributed by atoms with Crippen molar-refractivity contribution in [3.8, 4) is 0 Å². The van der Waals surface area contributed by atoms with Crippen LogP contribution in [0.3, 0.4) is 0 Å². The van der Waals surface area contributed by atoms with Crippen molar-refractivity contribution in [3.63, 3.8) is 0 Å². The van der Waals surface area contributed by atoms with Crippen LogP contribution in [0, 0.1) is 6.92 Å². The van der Waals surface area contributed by atoms with Gasteiger partial charge in [-0.15, -0.1) is 0 Å². The van der Waals surface area contributed by atoms with Crippen LogP contribution in [-0.2, 0) is 6.42 Å². The summed E-state index contributed by atoms with van der Waals surface area (Å²) in [7, 11) is 0. The maximum atomic E-state index is 3.64. The maximum absolute atomic E-state index is 3.64. The normalized spacial score (nSPS) is 21.6. The molecule has 0 amide bonds. The summed E-state index contributed by atoms with van der Waals surface area (Å²) in [5.74, 6) is 1.24. The highest BCUT2D eigenvalue weighted by Gasteiger charge is 2.14. The standard InChI is InChI=1S/C12H16BrNS/c1-9-2-3-10(12(13)6-9)7-11-8-14-4-5-15-11/h2-3,6,11,14H,4-5,7-8H2,1H3. The zero-order valence-corrected chi connectivity index (χ0v) is 11.3. The fourth-order valence-electron chi connectivity index (χ4n) is 1.81. The zero-order valence-electron chi connectivity index (χ0n) is 8.92. The summed E-state index contributed by atoms with van der Waals surface area (Å²) in [4.78, 5) is 0. The topological polar surface area (TPSA) is 12.0 Å². The van der Waals surface area contributed by atoms with Gasteiger partial charge in [-0.25, -0.2) is 0 Å². The van der Waals surface area contributed by atoms with Gasteiger partial charge in [0, 0.05) is 28.6 Å². The van der Waals surface area contributed by atoms with Gasteiger partial charge in [0.05, 0.1) is 0 Å². The van der Waals surface area contributed by atoms with Crippen LogP contribution in [0.1, 0.15) is 11.1 Å². The van der Waals surface area contributed by atoms with Crippen LogP contribution in [0.25, 0.3) is 0 Å². The second kappa shape index (κ2) is 5.37. The highest BCUT2D eigenvalue weighted by molar-refractivity contribution is 9.10. The number of thioether (sulfide) groups is 1. The van der Waals surface area contributed by atoms with E-state index in [0.717, 1.165) is 18.3 Å². The van der Waals surface area contributed by atoms with E-state index in [1.54, 1.807) is 0 Å². The van der Waals surface area contributed by atoms with E-state index in [-0.39, 0.29) is 0 Å². The molecule has 1 saturated heterocycles. The third kappa shape index (κ3) is 3.23. The van der Waals surface area contributed by atoms with Crippen molar-refractivity contribution in [2.75, 3.05) is 18.8 Å². The highest BCUT2D eigenvalue weighted by atomic mass is 79.9. The summed E-state index contributed by atoms with van der Waals surface area (Å²) in [6.07, 6.45) is 1.17. The first-order valence-corrected chi connectivity index (χ1v) is 7.17. The van der Waals surface area contributed by atoms with Gasteiger partial charge in [-0.2, -0.15) is 11.8 Å². The fourth-order valence-corrected chi connectivity index (χ4v) is 3.60. The van der Waals surface area contributed by atoms with E-state index in [0.29, 0.717) is 0 Å². The SMILES string of the molecule is Cc1ccc(CC2CNCCS2)c(Br)c1. The molecule has 1 heterocycles. The minimum Gasteiger partial charge on any atom is -0.315 e. The van der Waals surface area contributed by atoms with E-state index in [1.165, 1.54) is 27.8 Å². The lowest BCUT2D eigenvalue weighted by Crippen LogP contribution is -2.33. The molecule has 0 saturated carbocycles. The third-order valence-corrected chi connectivity index (χ3v) is 4.64. The monoisotopic (exact) mass is 285 g/mol. The number of hydrogen-bond donors (Lipinski definition) is 1. The van der Waals surface area contributed by atoms with Crippen LogP contribution in [-0.4, -0.2) is 24.1 Å². The van der Waals surface area contributed by atoms with E-state index >= 15 is 0 Å². The molecule has 1 aromatic rings. The van der Waals surface area contributed by atoms with E-state index in [4.69, 9.17) is 0 Å². The van der Waals surface area contributed by atoms with Crippen molar-refractivity contribution < 1.29 is 0 Å². The summed E-state index contributed by atoms with van der Waals surface area (Å²) in [6.45, 7) is 4.44. The molecule has 1 unspecified atom stereocenters. The predicted octanol–water partition coefficient (Wildman–Crippen LogP) is 3.01. The molecule has 0 spiro atoms. The van der Waals surface area contributed by atoms with Crippen molar-refractivity contribution in [3.05, 3.63) is 33.8 Å². The molecule has 82 valence electrons. The number of nitrogens with one attached hydrogen (secondary N) is 1. The summed E-state index contributed by atoms with van der Waals surface area (Å²) in [6, 6.07) is 6.64. The smallest absolute Gasteiger partial charge is 0.0213 e. The molecule has 15 heavy (non-hydrogen) atoms. The first-order chi connectivity index (χ1) is 7.25. The molecule has 1 N–H and O–H groups in total. The van der Waals surface area contributed by atoms with Gasteiger partial charge in [0.25, 0.3) is 0 Å². The van der Waals surface area contributed by atoms with E-state index in [2.05, 4.69) is 58.1 Å². The second-order valence-electron chi connectivity index (χ2n) is 4.00. The van der Waals surface area contributed by atoms with Gasteiger partial charge < -0.3 is 5.32 Å². The molecule has 1 nitrogen and oxygen atoms in total. The maximum Gasteiger partial charge on any atom is 0.0213 e. The van der Waals surface area contributed by atoms with Gasteiger partial charge >= 0.3 is 0 Å². The van der Waals surface area contributed by atoms with Crippen molar-refractivity contribution in [2.24, 2.45) is 0 Å². The van der Waals surface area contributed by atoms with Crippen LogP contribution in [0.5, 0.6) is 0 Å². The van der Waals surface area contributed by atoms with Gasteiger partial charge in [-0.1, -0.05) is 28.1 Å². The molecule has 3 heteroatoms. The van der Waals surface area contributed by atoms with Gasteiger partial charge in [0.15, 0.2) is 0 Å². The number of halogens is 1. The third-order valence-electron chi connectivity index (χ3n) is 2.66. The van der Waals surface area contributed by atoms with Crippen LogP contribution in [0.4, 0.5) is 0 Å². The lowest BCUT2D eigenvalue weighted by Gasteiger charge is -2.22. The van der Waals surface area contributed by atoms with Crippen molar-refractivity contribution in [1.29, 1.82) is 0 Å². The fraction of sp³-hybridized carbons (Fsp3) is 0.500. The van der Waals surface area contributed by atoms with Gasteiger partial charge in [0.2, 0.25) is 0 Å². The molecule has 1 fully saturated rings. The Hall–Kier alpha value is 0.01000. The Bertz CT molecular complexity index is 334. The molecular weight excluding hydrogens is 270 g/mol. The lowest BCUT2D eigenvalue weighted by atomic mass is 10.1. The molecular formula is C12H16BrNS. The molecule has 0 aromatic heterocycles. The Morgan fingerprint density at radius 2 is 2.40 bits per heavy atom. The van der Waals surface area contributed by atoms with E-state index < -0.39 is 0 Å². The summed E-state index contributed by atoms with van der Waals surface area (Å²) >= 11 is 5.73. The minimum atomic E-state index is 0.734. The van der Waals surface area contributed by atoms with E-state index in [1.807, 2.05) is 0 Å². The number of aryl methyl sites for hydroxylation is 1. The second-order valence-corrected chi connectivity index (χ2v) is 6.26. The van der Waals surface area contributed by atoms with Crippen molar-refractivity contribution >= 4 is 27.7 Å². The first kappa shape index (κ1) is 11.5. The zero-order chi connectivity index (χ0) is 10.7. The summed E-state index contributed by atoms with van der Waals surface area (Å²) in [5, 5.41) is 4.18. The molecule has 2 rings (SSSR count). The molecule has 0 aliphatic carbocycles. The van der Waals surface area contributed by atoms with Gasteiger partial charge in [-0.05, 0) is 30.5 Å². The Labute approximate surface area is 104 Å². The average Bonchev–Trinajstić information content (AvgIpc) is 2.24. The quantitative estimate of drug-likeness (QED) is 0.897. The highest BCUT2D eigenvalue weighted by Crippen LogP contribution is 2.24. The van der Waals surface area contributed by atoms with Crippen LogP contribution in [0.15, 0.2) is 22.7 Å². The predicted molar refractivity (Wildman–Crippen MR) is 71.7 cm³/mol. The average molecular weight is 286 g/mol. The molecule has 0 radical (unpaired) electrons. The lowest BCUT2D eigenvalue weighted by molar-refractivity contribution is 0.666. The summed E-state index contributed by atoms with van der Waals surface area (Å²) < 4.78 is 1.26. The first-order valence-electron chi connectivity index (χ1n) is 5.33. The largest absolute Gasteiger partial charge is 0.315 e. The molecule has 1 aliphatic heterocycles. The minimum absolute atomic E-state index is 0.734. The number of benzene rings is 1.